The molecule has 1 saturated heterocycles. The van der Waals surface area contributed by atoms with Gasteiger partial charge in [0.05, 0.1) is 32.2 Å². The number of pyridine rings is 1. The lowest BCUT2D eigenvalue weighted by Crippen LogP contribution is -2.41. The molecule has 0 radical (unpaired) electrons. The molecular weight excluding hydrogens is 389 g/mol. The molecule has 1 fully saturated rings. The lowest BCUT2D eigenvalue weighted by atomic mass is 10.1. The summed E-state index contributed by atoms with van der Waals surface area (Å²) < 4.78 is 27.1. The molecule has 4 rings (SSSR count). The highest BCUT2D eigenvalue weighted by atomic mass is 19.1. The Kier molecular flexibility index (Phi) is 5.37. The molecule has 0 bridgehead atoms. The van der Waals surface area contributed by atoms with E-state index in [4.69, 9.17) is 15.2 Å². The molecule has 0 amide bonds. The average Bonchev–Trinajstić information content (AvgIpc) is 2.76. The van der Waals surface area contributed by atoms with Crippen LogP contribution in [0.2, 0.25) is 0 Å². The molecule has 0 aliphatic carbocycles. The van der Waals surface area contributed by atoms with E-state index >= 15 is 0 Å². The molecule has 0 spiro atoms. The van der Waals surface area contributed by atoms with Gasteiger partial charge in [-0.3, -0.25) is 14.3 Å². The number of morpholine rings is 1. The summed E-state index contributed by atoms with van der Waals surface area (Å²) in [5.74, 6) is 0.573. The van der Waals surface area contributed by atoms with E-state index in [2.05, 4.69) is 9.97 Å². The maximum Gasteiger partial charge on any atom is 0.255 e. The fourth-order valence-corrected chi connectivity index (χ4v) is 3.55. The monoisotopic (exact) mass is 411 g/mol. The second kappa shape index (κ2) is 8.11. The van der Waals surface area contributed by atoms with E-state index in [9.17, 15) is 9.18 Å². The summed E-state index contributed by atoms with van der Waals surface area (Å²) >= 11 is 0. The van der Waals surface area contributed by atoms with Crippen molar-refractivity contribution in [1.29, 1.82) is 0 Å². The summed E-state index contributed by atoms with van der Waals surface area (Å²) in [7, 11) is 3.23. The third-order valence-corrected chi connectivity index (χ3v) is 5.11. The van der Waals surface area contributed by atoms with Crippen LogP contribution >= 0.6 is 0 Å². The van der Waals surface area contributed by atoms with Gasteiger partial charge in [0.25, 0.3) is 5.56 Å². The van der Waals surface area contributed by atoms with Crippen molar-refractivity contribution in [1.82, 2.24) is 14.5 Å². The molecule has 0 unspecified atom stereocenters. The van der Waals surface area contributed by atoms with Crippen LogP contribution < -0.4 is 20.9 Å². The fraction of sp³-hybridized carbons (Fsp3) is 0.286. The van der Waals surface area contributed by atoms with Gasteiger partial charge in [-0.15, -0.1) is 0 Å². The van der Waals surface area contributed by atoms with E-state index in [1.807, 2.05) is 11.0 Å². The Bertz CT molecular complexity index is 1130. The maximum atomic E-state index is 14.2. The standard InChI is InChI=1S/C21H22FN5O3/c1-26-20(28)10-17(14-5-6-24-11-16(14)22)25-21(26)27-7-8-30-19(12-27)15-9-13(23)3-4-18(15)29-2/h3-6,9-11,19H,7-8,12,23H2,1-2H3/t19-/m1/s1. The predicted octanol–water partition coefficient (Wildman–Crippen LogP) is 2.15. The van der Waals surface area contributed by atoms with Crippen molar-refractivity contribution < 1.29 is 13.9 Å². The highest BCUT2D eigenvalue weighted by molar-refractivity contribution is 5.60. The Morgan fingerprint density at radius 2 is 2.13 bits per heavy atom. The first-order valence-electron chi connectivity index (χ1n) is 9.46. The Morgan fingerprint density at radius 1 is 1.30 bits per heavy atom. The number of hydrogen-bond acceptors (Lipinski definition) is 7. The van der Waals surface area contributed by atoms with Gasteiger partial charge < -0.3 is 20.1 Å². The number of anilines is 2. The van der Waals surface area contributed by atoms with Crippen LogP contribution in [0.5, 0.6) is 5.75 Å². The maximum absolute atomic E-state index is 14.2. The first-order chi connectivity index (χ1) is 14.5. The molecule has 1 atom stereocenters. The lowest BCUT2D eigenvalue weighted by molar-refractivity contribution is 0.0375. The normalized spacial score (nSPS) is 16.5. The SMILES string of the molecule is COc1ccc(N)cc1[C@H]1CN(c2nc(-c3ccncc3F)cc(=O)n2C)CCO1. The third kappa shape index (κ3) is 3.71. The zero-order valence-electron chi connectivity index (χ0n) is 16.7. The number of nitrogens with zero attached hydrogens (tertiary/aromatic N) is 4. The Hall–Kier alpha value is -3.46. The van der Waals surface area contributed by atoms with E-state index in [1.165, 1.54) is 22.9 Å². The second-order valence-electron chi connectivity index (χ2n) is 7.00. The molecular formula is C21H22FN5O3. The number of aromatic nitrogens is 3. The van der Waals surface area contributed by atoms with Gasteiger partial charge in [0, 0.05) is 42.7 Å². The summed E-state index contributed by atoms with van der Waals surface area (Å²) in [5, 5.41) is 0. The highest BCUT2D eigenvalue weighted by Gasteiger charge is 2.27. The van der Waals surface area contributed by atoms with E-state index in [1.54, 1.807) is 26.3 Å². The summed E-state index contributed by atoms with van der Waals surface area (Å²) in [6, 6.07) is 8.21. The van der Waals surface area contributed by atoms with Crippen molar-refractivity contribution in [2.75, 3.05) is 37.4 Å². The topological polar surface area (TPSA) is 95.5 Å². The summed E-state index contributed by atoms with van der Waals surface area (Å²) in [4.78, 5) is 22.9. The Morgan fingerprint density at radius 3 is 2.90 bits per heavy atom. The molecule has 156 valence electrons. The minimum atomic E-state index is -0.534. The molecule has 1 aliphatic heterocycles. The van der Waals surface area contributed by atoms with Crippen molar-refractivity contribution in [3.63, 3.8) is 0 Å². The van der Waals surface area contributed by atoms with Crippen LogP contribution in [-0.4, -0.2) is 41.3 Å². The average molecular weight is 411 g/mol. The molecule has 3 aromatic rings. The highest BCUT2D eigenvalue weighted by Crippen LogP contribution is 2.33. The molecule has 1 aromatic carbocycles. The second-order valence-corrected chi connectivity index (χ2v) is 7.00. The fourth-order valence-electron chi connectivity index (χ4n) is 3.55. The molecule has 2 aromatic heterocycles. The largest absolute Gasteiger partial charge is 0.496 e. The molecule has 2 N–H and O–H groups in total. The van der Waals surface area contributed by atoms with E-state index < -0.39 is 5.82 Å². The van der Waals surface area contributed by atoms with Crippen LogP contribution in [0.25, 0.3) is 11.3 Å². The zero-order chi connectivity index (χ0) is 21.3. The number of nitrogen functional groups attached to an aromatic ring is 1. The van der Waals surface area contributed by atoms with Crippen LogP contribution in [0.1, 0.15) is 11.7 Å². The molecule has 1 aliphatic rings. The lowest BCUT2D eigenvalue weighted by Gasteiger charge is -2.35. The third-order valence-electron chi connectivity index (χ3n) is 5.11. The zero-order valence-corrected chi connectivity index (χ0v) is 16.7. The van der Waals surface area contributed by atoms with E-state index in [-0.39, 0.29) is 22.9 Å². The van der Waals surface area contributed by atoms with Gasteiger partial charge in [-0.05, 0) is 24.3 Å². The van der Waals surface area contributed by atoms with Crippen LogP contribution in [0.4, 0.5) is 16.0 Å². The van der Waals surface area contributed by atoms with Crippen molar-refractivity contribution in [3.8, 4) is 17.0 Å². The molecule has 30 heavy (non-hydrogen) atoms. The van der Waals surface area contributed by atoms with Crippen LogP contribution in [0, 0.1) is 5.82 Å². The van der Waals surface area contributed by atoms with Gasteiger partial charge in [-0.2, -0.15) is 0 Å². The summed E-state index contributed by atoms with van der Waals surface area (Å²) in [6.45, 7) is 1.39. The van der Waals surface area contributed by atoms with Crippen molar-refractivity contribution in [2.24, 2.45) is 7.05 Å². The smallest absolute Gasteiger partial charge is 0.255 e. The minimum Gasteiger partial charge on any atom is -0.496 e. The summed E-state index contributed by atoms with van der Waals surface area (Å²) in [6.07, 6.45) is 2.24. The van der Waals surface area contributed by atoms with Gasteiger partial charge in [-0.25, -0.2) is 9.37 Å². The van der Waals surface area contributed by atoms with Crippen molar-refractivity contribution >= 4 is 11.6 Å². The number of nitrogens with two attached hydrogens (primary N) is 1. The minimum absolute atomic E-state index is 0.228. The molecule has 0 saturated carbocycles. The number of benzene rings is 1. The van der Waals surface area contributed by atoms with Gasteiger partial charge in [-0.1, -0.05) is 0 Å². The number of hydrogen-bond donors (Lipinski definition) is 1. The number of ether oxygens (including phenoxy) is 2. The van der Waals surface area contributed by atoms with Crippen LogP contribution in [-0.2, 0) is 11.8 Å². The van der Waals surface area contributed by atoms with Crippen LogP contribution in [0.15, 0.2) is 47.5 Å². The first kappa shape index (κ1) is 19.8. The van der Waals surface area contributed by atoms with E-state index in [0.29, 0.717) is 37.1 Å². The number of rotatable bonds is 4. The van der Waals surface area contributed by atoms with Gasteiger partial charge >= 0.3 is 0 Å². The molecule has 3 heterocycles. The number of halogens is 1. The van der Waals surface area contributed by atoms with Crippen LogP contribution in [0.3, 0.4) is 0 Å². The molecule has 8 nitrogen and oxygen atoms in total. The molecule has 9 heteroatoms. The van der Waals surface area contributed by atoms with Gasteiger partial charge in [0.2, 0.25) is 5.95 Å². The quantitative estimate of drug-likeness (QED) is 0.657. The Balaban J connectivity index is 1.71. The Labute approximate surface area is 172 Å². The van der Waals surface area contributed by atoms with Crippen molar-refractivity contribution in [3.05, 3.63) is 64.5 Å². The first-order valence-corrected chi connectivity index (χ1v) is 9.46. The predicted molar refractivity (Wildman–Crippen MR) is 111 cm³/mol. The summed E-state index contributed by atoms with van der Waals surface area (Å²) in [5.41, 5.74) is 7.59. The number of methoxy groups -OCH3 is 1. The van der Waals surface area contributed by atoms with E-state index in [0.717, 1.165) is 11.8 Å². The van der Waals surface area contributed by atoms with Gasteiger partial charge in [0.1, 0.15) is 11.9 Å². The van der Waals surface area contributed by atoms with Crippen molar-refractivity contribution in [2.45, 2.75) is 6.10 Å². The van der Waals surface area contributed by atoms with Gasteiger partial charge in [0.15, 0.2) is 5.82 Å².